The molecule has 3 nitrogen and oxygen atoms in total. The molecule has 1 heterocycles. The molecule has 0 bridgehead atoms. The van der Waals surface area contributed by atoms with E-state index < -0.39 is 5.60 Å². The maximum atomic E-state index is 10.8. The Hall–Kier alpha value is -1.35. The number of benzene rings is 1. The lowest BCUT2D eigenvalue weighted by Gasteiger charge is -2.33. The summed E-state index contributed by atoms with van der Waals surface area (Å²) in [5.41, 5.74) is 2.56. The zero-order valence-electron chi connectivity index (χ0n) is 10.2. The number of nitrogens with zero attached hydrogens (tertiary/aromatic N) is 1. The molecule has 0 unspecified atom stereocenters. The normalized spacial score (nSPS) is 19.6. The van der Waals surface area contributed by atoms with Gasteiger partial charge in [-0.2, -0.15) is 5.10 Å². The average molecular weight is 230 g/mol. The molecule has 0 spiro atoms. The minimum atomic E-state index is -0.658. The van der Waals surface area contributed by atoms with E-state index in [1.54, 1.807) is 0 Å². The Bertz CT molecular complexity index is 538. The molecule has 1 aromatic heterocycles. The second-order valence-electron chi connectivity index (χ2n) is 5.24. The molecule has 1 aliphatic rings. The first-order valence-corrected chi connectivity index (χ1v) is 6.36. The van der Waals surface area contributed by atoms with Gasteiger partial charge in [-0.15, -0.1) is 0 Å². The van der Waals surface area contributed by atoms with Gasteiger partial charge in [-0.3, -0.25) is 5.10 Å². The van der Waals surface area contributed by atoms with Gasteiger partial charge in [0.05, 0.1) is 17.3 Å². The third-order valence-electron chi connectivity index (χ3n) is 3.88. The molecule has 2 aromatic rings. The van der Waals surface area contributed by atoms with Crippen LogP contribution < -0.4 is 0 Å². The molecule has 0 amide bonds. The van der Waals surface area contributed by atoms with Gasteiger partial charge in [0.15, 0.2) is 0 Å². The Kier molecular flexibility index (Phi) is 2.44. The lowest BCUT2D eigenvalue weighted by atomic mass is 9.78. The van der Waals surface area contributed by atoms with E-state index in [1.807, 2.05) is 6.20 Å². The van der Waals surface area contributed by atoms with Gasteiger partial charge in [-0.1, -0.05) is 25.3 Å². The molecule has 0 saturated heterocycles. The second kappa shape index (κ2) is 3.84. The summed E-state index contributed by atoms with van der Waals surface area (Å²) in [6, 6.07) is 4.21. The number of fused-ring (bicyclic) bond motifs is 1. The fourth-order valence-electron chi connectivity index (χ4n) is 2.98. The first kappa shape index (κ1) is 10.8. The lowest BCUT2D eigenvalue weighted by Crippen LogP contribution is -2.28. The standard InChI is InChI=1S/C14H18N2O/c1-10-7-11-9-15-16-13(11)12(8-10)14(17)5-3-2-4-6-14/h7-9,17H,2-6H2,1H3,(H,15,16). The number of hydrogen-bond acceptors (Lipinski definition) is 2. The Morgan fingerprint density at radius 2 is 2.00 bits per heavy atom. The van der Waals surface area contributed by atoms with Crippen LogP contribution in [-0.4, -0.2) is 15.3 Å². The third kappa shape index (κ3) is 1.75. The highest BCUT2D eigenvalue weighted by atomic mass is 16.3. The molecule has 1 aliphatic carbocycles. The van der Waals surface area contributed by atoms with Gasteiger partial charge in [0, 0.05) is 10.9 Å². The summed E-state index contributed by atoms with van der Waals surface area (Å²) in [6.07, 6.45) is 7.02. The summed E-state index contributed by atoms with van der Waals surface area (Å²) >= 11 is 0. The number of aromatic amines is 1. The van der Waals surface area contributed by atoms with Crippen LogP contribution in [-0.2, 0) is 5.60 Å². The minimum Gasteiger partial charge on any atom is -0.385 e. The predicted molar refractivity (Wildman–Crippen MR) is 67.8 cm³/mol. The van der Waals surface area contributed by atoms with Gasteiger partial charge in [-0.25, -0.2) is 0 Å². The van der Waals surface area contributed by atoms with Crippen molar-refractivity contribution in [3.8, 4) is 0 Å². The van der Waals surface area contributed by atoms with Gasteiger partial charge in [0.1, 0.15) is 0 Å². The van der Waals surface area contributed by atoms with Crippen molar-refractivity contribution < 1.29 is 5.11 Å². The van der Waals surface area contributed by atoms with Crippen LogP contribution >= 0.6 is 0 Å². The third-order valence-corrected chi connectivity index (χ3v) is 3.88. The summed E-state index contributed by atoms with van der Waals surface area (Å²) in [7, 11) is 0. The van der Waals surface area contributed by atoms with Gasteiger partial charge in [0.25, 0.3) is 0 Å². The zero-order chi connectivity index (χ0) is 11.9. The number of aryl methyl sites for hydroxylation is 1. The summed E-state index contributed by atoms with van der Waals surface area (Å²) in [4.78, 5) is 0. The smallest absolute Gasteiger partial charge is 0.0917 e. The molecule has 0 atom stereocenters. The fourth-order valence-corrected chi connectivity index (χ4v) is 2.98. The quantitative estimate of drug-likeness (QED) is 0.791. The number of nitrogens with one attached hydrogen (secondary N) is 1. The van der Waals surface area contributed by atoms with Gasteiger partial charge < -0.3 is 5.11 Å². The number of hydrogen-bond donors (Lipinski definition) is 2. The van der Waals surface area contributed by atoms with E-state index in [4.69, 9.17) is 0 Å². The first-order chi connectivity index (χ1) is 8.19. The van der Waals surface area contributed by atoms with Gasteiger partial charge in [-0.05, 0) is 31.4 Å². The van der Waals surface area contributed by atoms with Crippen molar-refractivity contribution in [2.45, 2.75) is 44.6 Å². The van der Waals surface area contributed by atoms with Crippen LogP contribution in [0.25, 0.3) is 10.9 Å². The zero-order valence-corrected chi connectivity index (χ0v) is 10.2. The van der Waals surface area contributed by atoms with Crippen molar-refractivity contribution in [2.75, 3.05) is 0 Å². The molecule has 1 saturated carbocycles. The highest BCUT2D eigenvalue weighted by molar-refractivity contribution is 5.83. The van der Waals surface area contributed by atoms with Crippen molar-refractivity contribution >= 4 is 10.9 Å². The van der Waals surface area contributed by atoms with E-state index in [-0.39, 0.29) is 0 Å². The van der Waals surface area contributed by atoms with Crippen molar-refractivity contribution in [3.63, 3.8) is 0 Å². The van der Waals surface area contributed by atoms with E-state index >= 15 is 0 Å². The van der Waals surface area contributed by atoms with E-state index in [1.165, 1.54) is 12.0 Å². The van der Waals surface area contributed by atoms with Crippen LogP contribution in [0.15, 0.2) is 18.3 Å². The molecule has 0 aliphatic heterocycles. The largest absolute Gasteiger partial charge is 0.385 e. The van der Waals surface area contributed by atoms with Gasteiger partial charge >= 0.3 is 0 Å². The maximum absolute atomic E-state index is 10.8. The van der Waals surface area contributed by atoms with E-state index in [0.717, 1.165) is 42.1 Å². The highest BCUT2D eigenvalue weighted by Gasteiger charge is 2.33. The predicted octanol–water partition coefficient (Wildman–Crippen LogP) is 3.02. The van der Waals surface area contributed by atoms with Crippen LogP contribution in [0.3, 0.4) is 0 Å². The van der Waals surface area contributed by atoms with E-state index in [9.17, 15) is 5.11 Å². The average Bonchev–Trinajstić information content (AvgIpc) is 2.76. The van der Waals surface area contributed by atoms with Crippen molar-refractivity contribution in [2.24, 2.45) is 0 Å². The summed E-state index contributed by atoms with van der Waals surface area (Å²) in [6.45, 7) is 2.07. The lowest BCUT2D eigenvalue weighted by molar-refractivity contribution is 0.000550. The van der Waals surface area contributed by atoms with Crippen molar-refractivity contribution in [1.82, 2.24) is 10.2 Å². The fraction of sp³-hybridized carbons (Fsp3) is 0.500. The van der Waals surface area contributed by atoms with Crippen molar-refractivity contribution in [1.29, 1.82) is 0 Å². The summed E-state index contributed by atoms with van der Waals surface area (Å²) in [5.74, 6) is 0. The number of rotatable bonds is 1. The van der Waals surface area contributed by atoms with Crippen LogP contribution in [0.5, 0.6) is 0 Å². The Morgan fingerprint density at radius 1 is 1.24 bits per heavy atom. The van der Waals surface area contributed by atoms with Crippen LogP contribution in [0.2, 0.25) is 0 Å². The number of aliphatic hydroxyl groups is 1. The Morgan fingerprint density at radius 3 is 2.76 bits per heavy atom. The maximum Gasteiger partial charge on any atom is 0.0917 e. The highest BCUT2D eigenvalue weighted by Crippen LogP contribution is 2.39. The second-order valence-corrected chi connectivity index (χ2v) is 5.24. The van der Waals surface area contributed by atoms with Crippen LogP contribution in [0.4, 0.5) is 0 Å². The van der Waals surface area contributed by atoms with Crippen LogP contribution in [0.1, 0.15) is 43.2 Å². The summed E-state index contributed by atoms with van der Waals surface area (Å²) in [5, 5.41) is 19.1. The molecule has 1 fully saturated rings. The molecule has 2 N–H and O–H groups in total. The van der Waals surface area contributed by atoms with E-state index in [0.29, 0.717) is 0 Å². The first-order valence-electron chi connectivity index (χ1n) is 6.36. The van der Waals surface area contributed by atoms with Gasteiger partial charge in [0.2, 0.25) is 0 Å². The van der Waals surface area contributed by atoms with E-state index in [2.05, 4.69) is 29.3 Å². The minimum absolute atomic E-state index is 0.658. The molecule has 3 rings (SSSR count). The Balaban J connectivity index is 2.18. The Labute approximate surface area is 101 Å². The van der Waals surface area contributed by atoms with Crippen LogP contribution in [0, 0.1) is 6.92 Å². The molecule has 3 heteroatoms. The SMILES string of the molecule is Cc1cc(C2(O)CCCCC2)c2[nH]ncc2c1. The topological polar surface area (TPSA) is 48.9 Å². The summed E-state index contributed by atoms with van der Waals surface area (Å²) < 4.78 is 0. The monoisotopic (exact) mass is 230 g/mol. The molecule has 0 radical (unpaired) electrons. The molecular weight excluding hydrogens is 212 g/mol. The number of aromatic nitrogens is 2. The molecule has 1 aromatic carbocycles. The number of H-pyrrole nitrogens is 1. The van der Waals surface area contributed by atoms with Crippen molar-refractivity contribution in [3.05, 3.63) is 29.5 Å². The molecular formula is C14H18N2O. The molecule has 17 heavy (non-hydrogen) atoms. The molecule has 90 valence electrons.